The molecule has 7 heteroatoms. The van der Waals surface area contributed by atoms with E-state index in [1.165, 1.54) is 24.3 Å². The Morgan fingerprint density at radius 1 is 0.714 bits per heavy atom. The fourth-order valence-corrected chi connectivity index (χ4v) is 7.73. The van der Waals surface area contributed by atoms with E-state index in [4.69, 9.17) is 0 Å². The second-order valence-electron chi connectivity index (χ2n) is 4.50. The van der Waals surface area contributed by atoms with Crippen LogP contribution in [-0.4, -0.2) is 17.5 Å². The molecule has 2 aromatic rings. The van der Waals surface area contributed by atoms with Crippen molar-refractivity contribution in [3.05, 3.63) is 59.7 Å². The molecule has 2 rings (SSSR count). The van der Waals surface area contributed by atoms with E-state index in [2.05, 4.69) is 0 Å². The number of hydrogen-bond donors (Lipinski definition) is 0. The van der Waals surface area contributed by atoms with Gasteiger partial charge in [0, 0.05) is 0 Å². The first kappa shape index (κ1) is 16.4. The highest BCUT2D eigenvalue weighted by molar-refractivity contribution is 8.99. The molecule has 0 heterocycles. The predicted molar refractivity (Wildman–Crippen MR) is 84.1 cm³/mol. The predicted octanol–water partition coefficient (Wildman–Crippen LogP) is 2.46. The molecule has 0 aliphatic carbocycles. The van der Waals surface area contributed by atoms with Crippen LogP contribution in [0.15, 0.2) is 58.3 Å². The minimum Gasteiger partial charge on any atom is -0.593 e. The van der Waals surface area contributed by atoms with Gasteiger partial charge in [0.2, 0.25) is 0 Å². The van der Waals surface area contributed by atoms with Crippen LogP contribution in [0.25, 0.3) is 0 Å². The summed E-state index contributed by atoms with van der Waals surface area (Å²) in [7, 11) is -9.06. The molecule has 2 aromatic carbocycles. The van der Waals surface area contributed by atoms with Crippen LogP contribution < -0.4 is 0 Å². The van der Waals surface area contributed by atoms with Crippen molar-refractivity contribution in [2.75, 3.05) is 0 Å². The van der Waals surface area contributed by atoms with Crippen molar-refractivity contribution < 1.29 is 17.5 Å². The van der Waals surface area contributed by atoms with Crippen LogP contribution in [0.3, 0.4) is 0 Å². The maximum Gasteiger partial charge on any atom is 0.496 e. The minimum atomic E-state index is -4.33. The standard InChI is InChI=1S/C14H14O4S3/c1-11-3-7-13(8-4-11)19(15)21(17,18)20(16)14-9-5-12(2)6-10-14/h3-10H,1-2H3. The van der Waals surface area contributed by atoms with Crippen LogP contribution in [0.1, 0.15) is 11.1 Å². The lowest BCUT2D eigenvalue weighted by atomic mass is 10.2. The fourth-order valence-electron chi connectivity index (χ4n) is 1.59. The third-order valence-corrected chi connectivity index (χ3v) is 10.5. The Morgan fingerprint density at radius 2 is 1.00 bits per heavy atom. The summed E-state index contributed by atoms with van der Waals surface area (Å²) in [6, 6.07) is 12.5. The first-order chi connectivity index (χ1) is 9.82. The van der Waals surface area contributed by atoms with Crippen LogP contribution in [0, 0.1) is 13.8 Å². The first-order valence-corrected chi connectivity index (χ1v) is 10.9. The Morgan fingerprint density at radius 3 is 1.29 bits per heavy atom. The normalized spacial score (nSPS) is 14.7. The summed E-state index contributed by atoms with van der Waals surface area (Å²) in [5.41, 5.74) is 1.85. The molecule has 0 aliphatic rings. The van der Waals surface area contributed by atoms with E-state index < -0.39 is 28.3 Å². The Bertz CT molecular complexity index is 651. The van der Waals surface area contributed by atoms with Gasteiger partial charge in [0.05, 0.1) is 0 Å². The highest BCUT2D eigenvalue weighted by Crippen LogP contribution is 2.27. The maximum atomic E-state index is 12.2. The average molecular weight is 342 g/mol. The van der Waals surface area contributed by atoms with E-state index in [0.29, 0.717) is 0 Å². The smallest absolute Gasteiger partial charge is 0.496 e. The molecule has 0 radical (unpaired) electrons. The van der Waals surface area contributed by atoms with Crippen molar-refractivity contribution in [2.24, 2.45) is 0 Å². The van der Waals surface area contributed by atoms with E-state index in [1.807, 2.05) is 13.8 Å². The third-order valence-electron chi connectivity index (χ3n) is 2.80. The van der Waals surface area contributed by atoms with Gasteiger partial charge in [-0.15, -0.1) is 8.42 Å². The first-order valence-electron chi connectivity index (χ1n) is 6.05. The SMILES string of the molecule is Cc1ccc([S+]([O-])S(=O)(=O)[S+]([O-])c2ccc(C)cc2)cc1. The Labute approximate surface area is 129 Å². The van der Waals surface area contributed by atoms with Crippen molar-refractivity contribution in [3.63, 3.8) is 0 Å². The topological polar surface area (TPSA) is 80.3 Å². The molecular weight excluding hydrogens is 328 g/mol. The van der Waals surface area contributed by atoms with E-state index in [-0.39, 0.29) is 9.79 Å². The van der Waals surface area contributed by atoms with Gasteiger partial charge in [0.25, 0.3) is 0 Å². The van der Waals surface area contributed by atoms with Crippen LogP contribution in [0.5, 0.6) is 0 Å². The highest BCUT2D eigenvalue weighted by atomic mass is 33.6. The number of benzene rings is 2. The lowest BCUT2D eigenvalue weighted by molar-refractivity contribution is 0.578. The summed E-state index contributed by atoms with van der Waals surface area (Å²) in [6.45, 7) is 3.68. The van der Waals surface area contributed by atoms with Crippen LogP contribution in [0.2, 0.25) is 0 Å². The van der Waals surface area contributed by atoms with Crippen LogP contribution in [-0.2, 0) is 28.3 Å². The molecule has 0 aromatic heterocycles. The van der Waals surface area contributed by atoms with Crippen molar-refractivity contribution in [2.45, 2.75) is 23.6 Å². The Hall–Kier alpha value is -0.990. The van der Waals surface area contributed by atoms with Crippen LogP contribution >= 0.6 is 0 Å². The molecule has 2 atom stereocenters. The molecule has 0 amide bonds. The number of hydrogen-bond acceptors (Lipinski definition) is 4. The summed E-state index contributed by atoms with van der Waals surface area (Å²) in [5.74, 6) is 0. The zero-order chi connectivity index (χ0) is 15.6. The van der Waals surface area contributed by atoms with Gasteiger partial charge in [-0.25, -0.2) is 0 Å². The molecule has 0 saturated carbocycles. The zero-order valence-electron chi connectivity index (χ0n) is 11.5. The molecule has 112 valence electrons. The average Bonchev–Trinajstić information content (AvgIpc) is 2.47. The molecule has 0 aliphatic heterocycles. The van der Waals surface area contributed by atoms with Gasteiger partial charge >= 0.3 is 7.90 Å². The van der Waals surface area contributed by atoms with Gasteiger partial charge in [-0.05, 0) is 38.1 Å². The molecule has 2 unspecified atom stereocenters. The van der Waals surface area contributed by atoms with Crippen molar-refractivity contribution >= 4 is 28.3 Å². The van der Waals surface area contributed by atoms with Crippen molar-refractivity contribution in [1.29, 1.82) is 0 Å². The fraction of sp³-hybridized carbons (Fsp3) is 0.143. The van der Waals surface area contributed by atoms with Crippen molar-refractivity contribution in [1.82, 2.24) is 0 Å². The molecule has 4 nitrogen and oxygen atoms in total. The van der Waals surface area contributed by atoms with E-state index in [0.717, 1.165) is 11.1 Å². The summed E-state index contributed by atoms with van der Waals surface area (Å²) in [4.78, 5) is 0.252. The summed E-state index contributed by atoms with van der Waals surface area (Å²) >= 11 is 0. The molecular formula is C14H14O4S3. The minimum absolute atomic E-state index is 0.126. The largest absolute Gasteiger partial charge is 0.593 e. The lowest BCUT2D eigenvalue weighted by Crippen LogP contribution is -2.25. The maximum absolute atomic E-state index is 12.2. The number of aryl methyl sites for hydroxylation is 2. The zero-order valence-corrected chi connectivity index (χ0v) is 13.9. The molecule has 0 fully saturated rings. The molecule has 21 heavy (non-hydrogen) atoms. The van der Waals surface area contributed by atoms with E-state index in [9.17, 15) is 17.5 Å². The van der Waals surface area contributed by atoms with Gasteiger partial charge in [-0.3, -0.25) is 0 Å². The molecule has 0 bridgehead atoms. The van der Waals surface area contributed by atoms with Gasteiger partial charge in [0.15, 0.2) is 30.2 Å². The quantitative estimate of drug-likeness (QED) is 0.631. The molecule has 0 saturated heterocycles. The summed E-state index contributed by atoms with van der Waals surface area (Å²) in [6.07, 6.45) is 0. The third kappa shape index (κ3) is 3.61. The Balaban J connectivity index is 2.32. The molecule has 0 spiro atoms. The molecule has 0 N–H and O–H groups in total. The lowest BCUT2D eigenvalue weighted by Gasteiger charge is -2.12. The van der Waals surface area contributed by atoms with Crippen molar-refractivity contribution in [3.8, 4) is 0 Å². The summed E-state index contributed by atoms with van der Waals surface area (Å²) < 4.78 is 48.8. The second-order valence-corrected chi connectivity index (χ2v) is 12.3. The van der Waals surface area contributed by atoms with Gasteiger partial charge in [-0.1, -0.05) is 35.4 Å². The van der Waals surface area contributed by atoms with E-state index in [1.54, 1.807) is 24.3 Å². The highest BCUT2D eigenvalue weighted by Gasteiger charge is 2.43. The Kier molecular flexibility index (Phi) is 5.00. The number of rotatable bonds is 4. The van der Waals surface area contributed by atoms with Gasteiger partial charge < -0.3 is 9.11 Å². The second kappa shape index (κ2) is 6.41. The van der Waals surface area contributed by atoms with Gasteiger partial charge in [0.1, 0.15) is 0 Å². The van der Waals surface area contributed by atoms with Crippen LogP contribution in [0.4, 0.5) is 0 Å². The summed E-state index contributed by atoms with van der Waals surface area (Å²) in [5, 5.41) is 0. The monoisotopic (exact) mass is 342 g/mol. The van der Waals surface area contributed by atoms with Gasteiger partial charge in [-0.2, -0.15) is 0 Å². The van der Waals surface area contributed by atoms with E-state index >= 15 is 0 Å².